The van der Waals surface area contributed by atoms with Crippen LogP contribution in [0.15, 0.2) is 78.9 Å². The molecule has 0 heterocycles. The van der Waals surface area contributed by atoms with E-state index in [1.54, 1.807) is 42.5 Å². The van der Waals surface area contributed by atoms with E-state index in [9.17, 15) is 9.59 Å². The summed E-state index contributed by atoms with van der Waals surface area (Å²) in [6, 6.07) is 23.3. The van der Waals surface area contributed by atoms with Crippen molar-refractivity contribution in [2.24, 2.45) is 0 Å². The minimum absolute atomic E-state index is 0.251. The zero-order valence-corrected chi connectivity index (χ0v) is 15.1. The summed E-state index contributed by atoms with van der Waals surface area (Å²) in [5, 5.41) is 9.38. The first-order valence-electron chi connectivity index (χ1n) is 8.24. The number of anilines is 3. The SMILES string of the molecule is O=Cc1ccc(NC(=O)c2cccc(NC(=S)Nc3ccccc3)c2)cc1. The van der Waals surface area contributed by atoms with Gasteiger partial charge in [0.25, 0.3) is 5.91 Å². The number of aldehydes is 1. The standard InChI is InChI=1S/C21H17N3O2S/c25-14-15-9-11-18(12-10-15)22-20(26)16-5-4-8-19(13-16)24-21(27)23-17-6-2-1-3-7-17/h1-14H,(H,22,26)(H2,23,24,27). The molecule has 3 aromatic carbocycles. The zero-order chi connectivity index (χ0) is 19.1. The molecule has 3 N–H and O–H groups in total. The lowest BCUT2D eigenvalue weighted by Gasteiger charge is -2.12. The third-order valence-corrected chi connectivity index (χ3v) is 3.92. The molecule has 27 heavy (non-hydrogen) atoms. The highest BCUT2D eigenvalue weighted by atomic mass is 32.1. The van der Waals surface area contributed by atoms with Gasteiger partial charge in [-0.1, -0.05) is 24.3 Å². The molecule has 0 atom stereocenters. The number of benzene rings is 3. The molecule has 0 radical (unpaired) electrons. The monoisotopic (exact) mass is 375 g/mol. The van der Waals surface area contributed by atoms with Gasteiger partial charge in [-0.05, 0) is 66.8 Å². The molecule has 0 bridgehead atoms. The van der Waals surface area contributed by atoms with Crippen LogP contribution < -0.4 is 16.0 Å². The van der Waals surface area contributed by atoms with E-state index in [0.717, 1.165) is 12.0 Å². The first-order valence-corrected chi connectivity index (χ1v) is 8.64. The number of thiocarbonyl (C=S) groups is 1. The summed E-state index contributed by atoms with van der Waals surface area (Å²) in [6.45, 7) is 0. The van der Waals surface area contributed by atoms with Crippen LogP contribution in [-0.4, -0.2) is 17.3 Å². The summed E-state index contributed by atoms with van der Waals surface area (Å²) >= 11 is 5.30. The van der Waals surface area contributed by atoms with Crippen LogP contribution >= 0.6 is 12.2 Å². The van der Waals surface area contributed by atoms with Gasteiger partial charge in [0.05, 0.1) is 0 Å². The fourth-order valence-electron chi connectivity index (χ4n) is 2.40. The van der Waals surface area contributed by atoms with E-state index in [4.69, 9.17) is 12.2 Å². The van der Waals surface area contributed by atoms with Crippen LogP contribution in [0.3, 0.4) is 0 Å². The Kier molecular flexibility index (Phi) is 5.91. The van der Waals surface area contributed by atoms with Crippen molar-refractivity contribution in [1.82, 2.24) is 0 Å². The third-order valence-electron chi connectivity index (χ3n) is 3.72. The molecule has 1 amide bonds. The number of carbonyl (C=O) groups is 2. The number of carbonyl (C=O) groups excluding carboxylic acids is 2. The second-order valence-corrected chi connectivity index (χ2v) is 6.13. The normalized spacial score (nSPS) is 9.93. The third kappa shape index (κ3) is 5.23. The Bertz CT molecular complexity index is 957. The molecular weight excluding hydrogens is 358 g/mol. The first-order chi connectivity index (χ1) is 13.1. The van der Waals surface area contributed by atoms with Crippen molar-refractivity contribution < 1.29 is 9.59 Å². The Hall–Kier alpha value is -3.51. The summed E-state index contributed by atoms with van der Waals surface area (Å²) in [4.78, 5) is 23.1. The predicted octanol–water partition coefficient (Wildman–Crippen LogP) is 4.56. The van der Waals surface area contributed by atoms with Gasteiger partial charge in [-0.3, -0.25) is 9.59 Å². The predicted molar refractivity (Wildman–Crippen MR) is 113 cm³/mol. The van der Waals surface area contributed by atoms with Crippen molar-refractivity contribution in [2.45, 2.75) is 0 Å². The highest BCUT2D eigenvalue weighted by Gasteiger charge is 2.08. The number of hydrogen-bond acceptors (Lipinski definition) is 3. The van der Waals surface area contributed by atoms with Crippen LogP contribution in [-0.2, 0) is 0 Å². The second kappa shape index (κ2) is 8.73. The minimum atomic E-state index is -0.251. The van der Waals surface area contributed by atoms with Crippen LogP contribution in [0.25, 0.3) is 0 Å². The summed E-state index contributed by atoms with van der Waals surface area (Å²) in [5.41, 5.74) is 3.24. The van der Waals surface area contributed by atoms with Crippen LogP contribution in [0.4, 0.5) is 17.1 Å². The molecule has 0 saturated carbocycles. The lowest BCUT2D eigenvalue weighted by Crippen LogP contribution is -2.19. The largest absolute Gasteiger partial charge is 0.332 e. The maximum absolute atomic E-state index is 12.4. The highest BCUT2D eigenvalue weighted by Crippen LogP contribution is 2.15. The van der Waals surface area contributed by atoms with Gasteiger partial charge in [0.2, 0.25) is 0 Å². The number of para-hydroxylation sites is 1. The van der Waals surface area contributed by atoms with Crippen molar-refractivity contribution in [3.8, 4) is 0 Å². The van der Waals surface area contributed by atoms with Gasteiger partial charge in [-0.2, -0.15) is 0 Å². The maximum Gasteiger partial charge on any atom is 0.255 e. The molecule has 0 unspecified atom stereocenters. The van der Waals surface area contributed by atoms with Gasteiger partial charge < -0.3 is 16.0 Å². The average molecular weight is 375 g/mol. The lowest BCUT2D eigenvalue weighted by molar-refractivity contribution is 0.102. The van der Waals surface area contributed by atoms with Gasteiger partial charge in [0, 0.05) is 28.2 Å². The number of rotatable bonds is 5. The molecule has 134 valence electrons. The topological polar surface area (TPSA) is 70.2 Å². The highest BCUT2D eigenvalue weighted by molar-refractivity contribution is 7.80. The van der Waals surface area contributed by atoms with Crippen molar-refractivity contribution in [3.05, 3.63) is 90.0 Å². The Morgan fingerprint density at radius 1 is 0.741 bits per heavy atom. The summed E-state index contributed by atoms with van der Waals surface area (Å²) in [6.07, 6.45) is 0.757. The maximum atomic E-state index is 12.4. The summed E-state index contributed by atoms with van der Waals surface area (Å²) < 4.78 is 0. The smallest absolute Gasteiger partial charge is 0.255 e. The van der Waals surface area contributed by atoms with E-state index >= 15 is 0 Å². The molecule has 0 saturated heterocycles. The quantitative estimate of drug-likeness (QED) is 0.450. The molecule has 0 aromatic heterocycles. The molecule has 0 fully saturated rings. The van der Waals surface area contributed by atoms with Crippen molar-refractivity contribution >= 4 is 46.6 Å². The van der Waals surface area contributed by atoms with E-state index in [-0.39, 0.29) is 5.91 Å². The Morgan fingerprint density at radius 3 is 2.07 bits per heavy atom. The van der Waals surface area contributed by atoms with Crippen molar-refractivity contribution in [2.75, 3.05) is 16.0 Å². The molecule has 0 aliphatic heterocycles. The number of amides is 1. The van der Waals surface area contributed by atoms with Crippen molar-refractivity contribution in [3.63, 3.8) is 0 Å². The molecule has 5 nitrogen and oxygen atoms in total. The van der Waals surface area contributed by atoms with E-state index < -0.39 is 0 Å². The van der Waals surface area contributed by atoms with E-state index in [1.165, 1.54) is 0 Å². The molecule has 0 aliphatic rings. The second-order valence-electron chi connectivity index (χ2n) is 5.72. The Balaban J connectivity index is 1.64. The zero-order valence-electron chi connectivity index (χ0n) is 14.3. The summed E-state index contributed by atoms with van der Waals surface area (Å²) in [7, 11) is 0. The molecular formula is C21H17N3O2S. The molecule has 3 aromatic rings. The van der Waals surface area contributed by atoms with Crippen LogP contribution in [0.5, 0.6) is 0 Å². The molecule has 6 heteroatoms. The van der Waals surface area contributed by atoms with Crippen LogP contribution in [0, 0.1) is 0 Å². The van der Waals surface area contributed by atoms with E-state index in [2.05, 4.69) is 16.0 Å². The van der Waals surface area contributed by atoms with Gasteiger partial charge in [-0.25, -0.2) is 0 Å². The minimum Gasteiger partial charge on any atom is -0.332 e. The van der Waals surface area contributed by atoms with Gasteiger partial charge in [0.1, 0.15) is 6.29 Å². The Labute approximate surface area is 162 Å². The lowest BCUT2D eigenvalue weighted by atomic mass is 10.1. The fraction of sp³-hybridized carbons (Fsp3) is 0. The van der Waals surface area contributed by atoms with E-state index in [0.29, 0.717) is 27.6 Å². The molecule has 3 rings (SSSR count). The first kappa shape index (κ1) is 18.3. The van der Waals surface area contributed by atoms with Crippen LogP contribution in [0.1, 0.15) is 20.7 Å². The number of hydrogen-bond donors (Lipinski definition) is 3. The molecule has 0 aliphatic carbocycles. The van der Waals surface area contributed by atoms with Gasteiger partial charge >= 0.3 is 0 Å². The number of nitrogens with one attached hydrogen (secondary N) is 3. The van der Waals surface area contributed by atoms with Crippen molar-refractivity contribution in [1.29, 1.82) is 0 Å². The fourth-order valence-corrected chi connectivity index (χ4v) is 2.64. The Morgan fingerprint density at radius 2 is 1.37 bits per heavy atom. The average Bonchev–Trinajstić information content (AvgIpc) is 2.69. The van der Waals surface area contributed by atoms with Gasteiger partial charge in [-0.15, -0.1) is 0 Å². The van der Waals surface area contributed by atoms with E-state index in [1.807, 2.05) is 36.4 Å². The van der Waals surface area contributed by atoms with Gasteiger partial charge in [0.15, 0.2) is 5.11 Å². The summed E-state index contributed by atoms with van der Waals surface area (Å²) in [5.74, 6) is -0.251. The van der Waals surface area contributed by atoms with Crippen LogP contribution in [0.2, 0.25) is 0 Å². The molecule has 0 spiro atoms.